The fraction of sp³-hybridized carbons (Fsp3) is 0.588. The van der Waals surface area contributed by atoms with E-state index < -0.39 is 0 Å². The molecule has 0 amide bonds. The topological polar surface area (TPSA) is 24.9 Å². The second-order valence-electron chi connectivity index (χ2n) is 6.70. The Morgan fingerprint density at radius 2 is 2.14 bits per heavy atom. The highest BCUT2D eigenvalue weighted by atomic mass is 35.5. The highest BCUT2D eigenvalue weighted by molar-refractivity contribution is 7.16. The average Bonchev–Trinajstić information content (AvgIpc) is 2.90. The summed E-state index contributed by atoms with van der Waals surface area (Å²) in [5.41, 5.74) is 3.95. The molecule has 3 rings (SSSR count). The molecule has 3 unspecified atom stereocenters. The maximum atomic E-state index is 6.45. The van der Waals surface area contributed by atoms with Crippen molar-refractivity contribution < 1.29 is 0 Å². The highest BCUT2D eigenvalue weighted by Crippen LogP contribution is 2.39. The Morgan fingerprint density at radius 3 is 2.90 bits per heavy atom. The maximum absolute atomic E-state index is 6.45. The third kappa shape index (κ3) is 3.04. The number of hydrogen-bond acceptors (Lipinski definition) is 3. The average molecular weight is 323 g/mol. The molecule has 2 aromatic rings. The molecule has 1 aromatic carbocycles. The fourth-order valence-electron chi connectivity index (χ4n) is 3.60. The van der Waals surface area contributed by atoms with Gasteiger partial charge in [0.15, 0.2) is 0 Å². The van der Waals surface area contributed by atoms with Crippen LogP contribution in [0.1, 0.15) is 40.0 Å². The standard InChI is InChI=1S/C17H23ClN2S/c1-10(2)12-5-4-11(3)8-14(12)20-16-13(18)6-7-15-17(16)19-9-21-15/h6-7,9-12,14,20H,4-5,8H2,1-3H3. The van der Waals surface area contributed by atoms with Crippen LogP contribution in [0.25, 0.3) is 10.2 Å². The molecular weight excluding hydrogens is 300 g/mol. The molecule has 2 nitrogen and oxygen atoms in total. The van der Waals surface area contributed by atoms with Crippen LogP contribution in [-0.4, -0.2) is 11.0 Å². The molecule has 1 saturated carbocycles. The van der Waals surface area contributed by atoms with Gasteiger partial charge in [-0.2, -0.15) is 0 Å². The Morgan fingerprint density at radius 1 is 1.33 bits per heavy atom. The van der Waals surface area contributed by atoms with Gasteiger partial charge in [-0.3, -0.25) is 0 Å². The summed E-state index contributed by atoms with van der Waals surface area (Å²) in [4.78, 5) is 4.51. The minimum absolute atomic E-state index is 0.499. The Balaban J connectivity index is 1.92. The molecule has 0 bridgehead atoms. The van der Waals surface area contributed by atoms with Crippen molar-refractivity contribution in [2.45, 2.75) is 46.1 Å². The predicted molar refractivity (Wildman–Crippen MR) is 93.4 cm³/mol. The molecule has 1 aromatic heterocycles. The first-order valence-corrected chi connectivity index (χ1v) is 9.10. The van der Waals surface area contributed by atoms with E-state index in [0.717, 1.165) is 22.1 Å². The smallest absolute Gasteiger partial charge is 0.106 e. The molecule has 1 aliphatic carbocycles. The summed E-state index contributed by atoms with van der Waals surface area (Å²) in [7, 11) is 0. The van der Waals surface area contributed by atoms with Crippen molar-refractivity contribution in [1.82, 2.24) is 4.98 Å². The molecule has 0 saturated heterocycles. The second kappa shape index (κ2) is 6.13. The second-order valence-corrected chi connectivity index (χ2v) is 7.99. The Bertz CT molecular complexity index is 622. The Labute approximate surface area is 135 Å². The van der Waals surface area contributed by atoms with Gasteiger partial charge < -0.3 is 5.32 Å². The first-order valence-electron chi connectivity index (χ1n) is 7.84. The molecule has 0 spiro atoms. The number of fused-ring (bicyclic) bond motifs is 1. The summed E-state index contributed by atoms with van der Waals surface area (Å²) in [6, 6.07) is 4.55. The van der Waals surface area contributed by atoms with E-state index in [-0.39, 0.29) is 0 Å². The van der Waals surface area contributed by atoms with Crippen molar-refractivity contribution in [3.05, 3.63) is 22.7 Å². The van der Waals surface area contributed by atoms with Crippen LogP contribution >= 0.6 is 22.9 Å². The SMILES string of the molecule is CC1CCC(C(C)C)C(Nc2c(Cl)ccc3scnc23)C1. The van der Waals surface area contributed by atoms with Crippen molar-refractivity contribution in [2.75, 3.05) is 5.32 Å². The maximum Gasteiger partial charge on any atom is 0.106 e. The number of nitrogens with one attached hydrogen (secondary N) is 1. The van der Waals surface area contributed by atoms with Crippen molar-refractivity contribution in [2.24, 2.45) is 17.8 Å². The lowest BCUT2D eigenvalue weighted by Gasteiger charge is -2.38. The summed E-state index contributed by atoms with van der Waals surface area (Å²) in [5.74, 6) is 2.19. The van der Waals surface area contributed by atoms with Crippen LogP contribution in [0.15, 0.2) is 17.6 Å². The number of anilines is 1. The molecule has 4 heteroatoms. The zero-order chi connectivity index (χ0) is 15.0. The van der Waals surface area contributed by atoms with E-state index in [4.69, 9.17) is 11.6 Å². The molecule has 1 heterocycles. The number of halogens is 1. The number of hydrogen-bond donors (Lipinski definition) is 1. The minimum atomic E-state index is 0.499. The molecule has 1 fully saturated rings. The lowest BCUT2D eigenvalue weighted by Crippen LogP contribution is -2.37. The molecule has 3 atom stereocenters. The third-order valence-electron chi connectivity index (χ3n) is 4.80. The number of nitrogens with zero attached hydrogens (tertiary/aromatic N) is 1. The van der Waals surface area contributed by atoms with Gasteiger partial charge in [0.2, 0.25) is 0 Å². The fourth-order valence-corrected chi connectivity index (χ4v) is 4.49. The molecule has 114 valence electrons. The summed E-state index contributed by atoms with van der Waals surface area (Å²) in [6.45, 7) is 7.02. The predicted octanol–water partition coefficient (Wildman–Crippen LogP) is 5.82. The van der Waals surface area contributed by atoms with Crippen molar-refractivity contribution >= 4 is 38.8 Å². The number of aromatic nitrogens is 1. The normalized spacial score (nSPS) is 26.4. The zero-order valence-electron chi connectivity index (χ0n) is 12.9. The van der Waals surface area contributed by atoms with Gasteiger partial charge in [0, 0.05) is 6.04 Å². The van der Waals surface area contributed by atoms with E-state index in [1.165, 1.54) is 24.0 Å². The van der Waals surface area contributed by atoms with E-state index in [1.807, 2.05) is 11.6 Å². The largest absolute Gasteiger partial charge is 0.379 e. The summed E-state index contributed by atoms with van der Waals surface area (Å²) < 4.78 is 1.20. The van der Waals surface area contributed by atoms with Gasteiger partial charge in [-0.05, 0) is 42.7 Å². The van der Waals surface area contributed by atoms with Gasteiger partial charge in [0.1, 0.15) is 5.52 Å². The van der Waals surface area contributed by atoms with Crippen LogP contribution < -0.4 is 5.32 Å². The van der Waals surface area contributed by atoms with Crippen molar-refractivity contribution in [1.29, 1.82) is 0 Å². The van der Waals surface area contributed by atoms with E-state index >= 15 is 0 Å². The number of benzene rings is 1. The number of rotatable bonds is 3. The number of thiazole rings is 1. The van der Waals surface area contributed by atoms with Crippen LogP contribution in [0, 0.1) is 17.8 Å². The quantitative estimate of drug-likeness (QED) is 0.769. The minimum Gasteiger partial charge on any atom is -0.379 e. The van der Waals surface area contributed by atoms with Crippen molar-refractivity contribution in [3.8, 4) is 0 Å². The van der Waals surface area contributed by atoms with E-state index in [0.29, 0.717) is 17.9 Å². The van der Waals surface area contributed by atoms with E-state index in [9.17, 15) is 0 Å². The summed E-state index contributed by atoms with van der Waals surface area (Å²) in [6.07, 6.45) is 3.87. The van der Waals surface area contributed by atoms with Gasteiger partial charge in [-0.15, -0.1) is 11.3 Å². The molecule has 0 radical (unpaired) electrons. The van der Waals surface area contributed by atoms with Crippen LogP contribution in [0.3, 0.4) is 0 Å². The molecule has 1 aliphatic rings. The Hall–Kier alpha value is -0.800. The summed E-state index contributed by atoms with van der Waals surface area (Å²) in [5, 5.41) is 4.54. The van der Waals surface area contributed by atoms with Crippen molar-refractivity contribution in [3.63, 3.8) is 0 Å². The van der Waals surface area contributed by atoms with E-state index in [1.54, 1.807) is 11.3 Å². The van der Waals surface area contributed by atoms with Gasteiger partial charge in [0.05, 0.1) is 20.9 Å². The zero-order valence-corrected chi connectivity index (χ0v) is 14.5. The molecule has 0 aliphatic heterocycles. The van der Waals surface area contributed by atoms with Gasteiger partial charge >= 0.3 is 0 Å². The lowest BCUT2D eigenvalue weighted by molar-refractivity contribution is 0.212. The van der Waals surface area contributed by atoms with Gasteiger partial charge in [-0.1, -0.05) is 38.8 Å². The van der Waals surface area contributed by atoms with Crippen LogP contribution in [-0.2, 0) is 0 Å². The molecule has 21 heavy (non-hydrogen) atoms. The van der Waals surface area contributed by atoms with E-state index in [2.05, 4.69) is 37.1 Å². The molecular formula is C17H23ClN2S. The van der Waals surface area contributed by atoms with Crippen LogP contribution in [0.5, 0.6) is 0 Å². The first kappa shape index (κ1) is 15.1. The molecule has 1 N–H and O–H groups in total. The van der Waals surface area contributed by atoms with Crippen LogP contribution in [0.4, 0.5) is 5.69 Å². The van der Waals surface area contributed by atoms with Crippen LogP contribution in [0.2, 0.25) is 5.02 Å². The lowest BCUT2D eigenvalue weighted by atomic mass is 9.74. The monoisotopic (exact) mass is 322 g/mol. The first-order chi connectivity index (χ1) is 10.1. The van der Waals surface area contributed by atoms with Gasteiger partial charge in [-0.25, -0.2) is 4.98 Å². The van der Waals surface area contributed by atoms with Gasteiger partial charge in [0.25, 0.3) is 0 Å². The Kier molecular flexibility index (Phi) is 4.41. The summed E-state index contributed by atoms with van der Waals surface area (Å²) >= 11 is 8.12. The highest BCUT2D eigenvalue weighted by Gasteiger charge is 2.31. The third-order valence-corrected chi connectivity index (χ3v) is 5.91.